The maximum Gasteiger partial charge on any atom is 0.195 e. The summed E-state index contributed by atoms with van der Waals surface area (Å²) in [5.74, 6) is 0. The SMILES string of the molecule is C=CCNc1[c]o[c]c1. The molecule has 2 radical (unpaired) electrons. The van der Waals surface area contributed by atoms with Crippen molar-refractivity contribution in [1.29, 1.82) is 0 Å². The molecule has 0 bridgehead atoms. The van der Waals surface area contributed by atoms with E-state index in [9.17, 15) is 0 Å². The number of hydrogen-bond acceptors (Lipinski definition) is 2. The van der Waals surface area contributed by atoms with Gasteiger partial charge in [-0.15, -0.1) is 6.58 Å². The molecule has 0 aliphatic heterocycles. The summed E-state index contributed by atoms with van der Waals surface area (Å²) in [5, 5.41) is 2.98. The Kier molecular flexibility index (Phi) is 1.96. The highest BCUT2D eigenvalue weighted by molar-refractivity contribution is 5.37. The van der Waals surface area contributed by atoms with Crippen LogP contribution in [0.5, 0.6) is 0 Å². The molecule has 0 aliphatic rings. The first-order valence-electron chi connectivity index (χ1n) is 2.66. The molecule has 1 heterocycles. The molecule has 0 aromatic carbocycles. The number of furan rings is 1. The van der Waals surface area contributed by atoms with E-state index in [1.165, 1.54) is 0 Å². The second-order valence-corrected chi connectivity index (χ2v) is 1.55. The van der Waals surface area contributed by atoms with Gasteiger partial charge >= 0.3 is 0 Å². The van der Waals surface area contributed by atoms with E-state index in [0.717, 1.165) is 12.2 Å². The Morgan fingerprint density at radius 2 is 2.78 bits per heavy atom. The molecule has 1 aromatic rings. The quantitative estimate of drug-likeness (QED) is 0.613. The van der Waals surface area contributed by atoms with E-state index in [1.807, 2.05) is 0 Å². The minimum atomic E-state index is 0.726. The Morgan fingerprint density at radius 1 is 1.89 bits per heavy atom. The molecule has 1 rings (SSSR count). The fraction of sp³-hybridized carbons (Fsp3) is 0.143. The predicted molar refractivity (Wildman–Crippen MR) is 35.1 cm³/mol. The van der Waals surface area contributed by atoms with Crippen LogP contribution in [0.1, 0.15) is 0 Å². The molecule has 0 aliphatic carbocycles. The lowest BCUT2D eigenvalue weighted by atomic mass is 10.5. The second-order valence-electron chi connectivity index (χ2n) is 1.55. The van der Waals surface area contributed by atoms with Crippen LogP contribution in [0.3, 0.4) is 0 Å². The molecule has 0 amide bonds. The van der Waals surface area contributed by atoms with Gasteiger partial charge in [-0.1, -0.05) is 6.08 Å². The van der Waals surface area contributed by atoms with Gasteiger partial charge in [0, 0.05) is 12.6 Å². The average molecular weight is 121 g/mol. The molecular weight excluding hydrogens is 114 g/mol. The highest BCUT2D eigenvalue weighted by Gasteiger charge is 1.88. The third-order valence-electron chi connectivity index (χ3n) is 0.860. The molecule has 2 heteroatoms. The van der Waals surface area contributed by atoms with Gasteiger partial charge in [0.25, 0.3) is 0 Å². The van der Waals surface area contributed by atoms with Crippen molar-refractivity contribution < 1.29 is 4.42 Å². The van der Waals surface area contributed by atoms with E-state index in [4.69, 9.17) is 0 Å². The van der Waals surface area contributed by atoms with Gasteiger partial charge in [0.05, 0.1) is 5.69 Å². The molecule has 0 unspecified atom stereocenters. The molecule has 0 atom stereocenters. The van der Waals surface area contributed by atoms with Crippen molar-refractivity contribution in [2.24, 2.45) is 0 Å². The lowest BCUT2D eigenvalue weighted by Crippen LogP contribution is -1.94. The van der Waals surface area contributed by atoms with Crippen molar-refractivity contribution in [3.63, 3.8) is 0 Å². The van der Waals surface area contributed by atoms with Crippen LogP contribution < -0.4 is 5.32 Å². The summed E-state index contributed by atoms with van der Waals surface area (Å²) in [7, 11) is 0. The molecule has 9 heavy (non-hydrogen) atoms. The van der Waals surface area contributed by atoms with Crippen LogP contribution in [0.25, 0.3) is 0 Å². The molecule has 0 fully saturated rings. The van der Waals surface area contributed by atoms with Crippen molar-refractivity contribution in [2.75, 3.05) is 11.9 Å². The molecule has 2 nitrogen and oxygen atoms in total. The molecule has 0 saturated heterocycles. The Morgan fingerprint density at radius 3 is 3.33 bits per heavy atom. The highest BCUT2D eigenvalue weighted by Crippen LogP contribution is 2.02. The Bertz CT molecular complexity index is 167. The average Bonchev–Trinajstić information content (AvgIpc) is 2.34. The largest absolute Gasteiger partial charge is 0.447 e. The Hall–Kier alpha value is -1.18. The first kappa shape index (κ1) is 5.95. The summed E-state index contributed by atoms with van der Waals surface area (Å²) in [6, 6.07) is 1.68. The van der Waals surface area contributed by atoms with Crippen LogP contribution in [0.2, 0.25) is 0 Å². The topological polar surface area (TPSA) is 25.2 Å². The van der Waals surface area contributed by atoms with E-state index in [0.29, 0.717) is 0 Å². The van der Waals surface area contributed by atoms with Crippen molar-refractivity contribution in [1.82, 2.24) is 0 Å². The zero-order valence-corrected chi connectivity index (χ0v) is 4.98. The fourth-order valence-electron chi connectivity index (χ4n) is 0.472. The van der Waals surface area contributed by atoms with Gasteiger partial charge in [-0.2, -0.15) is 0 Å². The van der Waals surface area contributed by atoms with Gasteiger partial charge in [-0.3, -0.25) is 0 Å². The van der Waals surface area contributed by atoms with Gasteiger partial charge < -0.3 is 9.73 Å². The van der Waals surface area contributed by atoms with Gasteiger partial charge in [0.15, 0.2) is 12.5 Å². The minimum absolute atomic E-state index is 0.726. The second kappa shape index (κ2) is 2.97. The zero-order chi connectivity index (χ0) is 6.53. The van der Waals surface area contributed by atoms with Gasteiger partial charge in [-0.25, -0.2) is 0 Å². The smallest absolute Gasteiger partial charge is 0.195 e. The molecule has 1 aromatic heterocycles. The summed E-state index contributed by atoms with van der Waals surface area (Å²) in [6.07, 6.45) is 6.86. The Labute approximate surface area is 54.2 Å². The standard InChI is InChI=1S/C7H7NO/c1-2-4-8-7-3-5-9-6-7/h2-3,8H,1,4H2. The Balaban J connectivity index is 2.38. The van der Waals surface area contributed by atoms with Crippen molar-refractivity contribution >= 4 is 5.69 Å². The number of anilines is 1. The third kappa shape index (κ3) is 1.64. The predicted octanol–water partition coefficient (Wildman–Crippen LogP) is 1.48. The van der Waals surface area contributed by atoms with Gasteiger partial charge in [0.2, 0.25) is 0 Å². The minimum Gasteiger partial charge on any atom is -0.447 e. The lowest BCUT2D eigenvalue weighted by molar-refractivity contribution is 0.550. The van der Waals surface area contributed by atoms with Crippen LogP contribution in [0.15, 0.2) is 23.1 Å². The molecule has 0 saturated carbocycles. The van der Waals surface area contributed by atoms with E-state index >= 15 is 0 Å². The summed E-state index contributed by atoms with van der Waals surface area (Å²) >= 11 is 0. The summed E-state index contributed by atoms with van der Waals surface area (Å²) in [5.41, 5.74) is 0.815. The van der Waals surface area contributed by atoms with E-state index < -0.39 is 0 Å². The van der Waals surface area contributed by atoms with E-state index in [-0.39, 0.29) is 0 Å². The molecule has 0 spiro atoms. The number of rotatable bonds is 3. The number of hydrogen-bond donors (Lipinski definition) is 1. The lowest BCUT2D eigenvalue weighted by Gasteiger charge is -1.93. The third-order valence-corrected chi connectivity index (χ3v) is 0.860. The first-order chi connectivity index (χ1) is 4.43. The van der Waals surface area contributed by atoms with Gasteiger partial charge in [-0.05, 0) is 0 Å². The molecule has 1 N–H and O–H groups in total. The molecule has 46 valence electrons. The monoisotopic (exact) mass is 121 g/mol. The fourth-order valence-corrected chi connectivity index (χ4v) is 0.472. The summed E-state index contributed by atoms with van der Waals surface area (Å²) < 4.78 is 4.56. The number of nitrogens with one attached hydrogen (secondary N) is 1. The summed E-state index contributed by atoms with van der Waals surface area (Å²) in [4.78, 5) is 0. The maximum atomic E-state index is 4.56. The van der Waals surface area contributed by atoms with Crippen LogP contribution in [0, 0.1) is 12.5 Å². The van der Waals surface area contributed by atoms with Gasteiger partial charge in [0.1, 0.15) is 0 Å². The van der Waals surface area contributed by atoms with Crippen LogP contribution in [-0.2, 0) is 0 Å². The van der Waals surface area contributed by atoms with Crippen molar-refractivity contribution in [3.8, 4) is 0 Å². The van der Waals surface area contributed by atoms with E-state index in [2.05, 4.69) is 28.8 Å². The molecular formula is C7H7NO. The first-order valence-corrected chi connectivity index (χ1v) is 2.66. The van der Waals surface area contributed by atoms with Crippen LogP contribution >= 0.6 is 0 Å². The maximum absolute atomic E-state index is 4.56. The zero-order valence-electron chi connectivity index (χ0n) is 4.98. The van der Waals surface area contributed by atoms with Crippen LogP contribution in [-0.4, -0.2) is 6.54 Å². The van der Waals surface area contributed by atoms with Crippen molar-refractivity contribution in [2.45, 2.75) is 0 Å². The normalized spacial score (nSPS) is 8.89. The summed E-state index contributed by atoms with van der Waals surface area (Å²) in [6.45, 7) is 4.27. The highest BCUT2D eigenvalue weighted by atomic mass is 16.3. The van der Waals surface area contributed by atoms with Crippen LogP contribution in [0.4, 0.5) is 5.69 Å². The van der Waals surface area contributed by atoms with E-state index in [1.54, 1.807) is 12.1 Å². The van der Waals surface area contributed by atoms with Crippen molar-refractivity contribution in [3.05, 3.63) is 31.2 Å².